The minimum absolute atomic E-state index is 0.0182. The summed E-state index contributed by atoms with van der Waals surface area (Å²) in [6.45, 7) is 5.11. The first-order valence-corrected chi connectivity index (χ1v) is 8.84. The largest absolute Gasteiger partial charge is 0.465 e. The number of benzene rings is 1. The fourth-order valence-electron chi connectivity index (χ4n) is 3.33. The van der Waals surface area contributed by atoms with Crippen LogP contribution in [0.5, 0.6) is 0 Å². The van der Waals surface area contributed by atoms with E-state index in [0.29, 0.717) is 17.9 Å². The molecule has 1 fully saturated rings. The van der Waals surface area contributed by atoms with Crippen molar-refractivity contribution in [3.8, 4) is 11.3 Å². The van der Waals surface area contributed by atoms with E-state index in [9.17, 15) is 9.18 Å². The van der Waals surface area contributed by atoms with Crippen LogP contribution in [-0.2, 0) is 9.53 Å². The van der Waals surface area contributed by atoms with Gasteiger partial charge in [0, 0.05) is 5.56 Å². The number of nitrogens with zero attached hydrogens (tertiary/aromatic N) is 2. The molecule has 6 heteroatoms. The maximum Gasteiger partial charge on any atom is 0.323 e. The Kier molecular flexibility index (Phi) is 5.48. The molecular formula is C19H24FN3O2. The van der Waals surface area contributed by atoms with Crippen molar-refractivity contribution in [1.82, 2.24) is 14.9 Å². The van der Waals surface area contributed by atoms with Crippen LogP contribution in [0.4, 0.5) is 4.39 Å². The van der Waals surface area contributed by atoms with Gasteiger partial charge in [-0.1, -0.05) is 19.1 Å². The number of carbonyl (C=O) groups is 1. The van der Waals surface area contributed by atoms with Crippen LogP contribution in [-0.4, -0.2) is 40.0 Å². The van der Waals surface area contributed by atoms with Crippen molar-refractivity contribution in [1.29, 1.82) is 0 Å². The van der Waals surface area contributed by atoms with Gasteiger partial charge in [0.15, 0.2) is 0 Å². The maximum absolute atomic E-state index is 14.0. The Balaban J connectivity index is 1.77. The highest BCUT2D eigenvalue weighted by molar-refractivity contribution is 5.75. The van der Waals surface area contributed by atoms with E-state index in [2.05, 4.69) is 14.9 Å². The van der Waals surface area contributed by atoms with Crippen molar-refractivity contribution in [3.63, 3.8) is 0 Å². The molecule has 1 aliphatic rings. The Morgan fingerprint density at radius 2 is 2.28 bits per heavy atom. The molecule has 5 nitrogen and oxygen atoms in total. The molecule has 1 aromatic heterocycles. The van der Waals surface area contributed by atoms with Crippen molar-refractivity contribution >= 4 is 5.97 Å². The summed E-state index contributed by atoms with van der Waals surface area (Å²) in [4.78, 5) is 22.0. The third-order valence-corrected chi connectivity index (χ3v) is 4.66. The molecule has 0 radical (unpaired) electrons. The van der Waals surface area contributed by atoms with Crippen LogP contribution in [0.15, 0.2) is 30.5 Å². The molecule has 0 unspecified atom stereocenters. The second-order valence-corrected chi connectivity index (χ2v) is 6.40. The Morgan fingerprint density at radius 1 is 1.48 bits per heavy atom. The van der Waals surface area contributed by atoms with E-state index in [0.717, 1.165) is 31.6 Å². The highest BCUT2D eigenvalue weighted by Gasteiger charge is 2.35. The van der Waals surface area contributed by atoms with Crippen molar-refractivity contribution in [2.24, 2.45) is 0 Å². The van der Waals surface area contributed by atoms with Gasteiger partial charge in [0.1, 0.15) is 17.7 Å². The van der Waals surface area contributed by atoms with Gasteiger partial charge >= 0.3 is 5.97 Å². The third kappa shape index (κ3) is 3.74. The second kappa shape index (κ2) is 7.78. The molecule has 1 N–H and O–H groups in total. The van der Waals surface area contributed by atoms with Crippen molar-refractivity contribution in [2.75, 3.05) is 13.2 Å². The van der Waals surface area contributed by atoms with E-state index in [1.807, 2.05) is 13.8 Å². The number of carbonyl (C=O) groups excluding carboxylic acids is 1. The van der Waals surface area contributed by atoms with Crippen molar-refractivity contribution in [3.05, 3.63) is 42.1 Å². The van der Waals surface area contributed by atoms with Gasteiger partial charge in [0.05, 0.1) is 24.5 Å². The number of likely N-dealkylation sites (tertiary alicyclic amines) is 1. The molecule has 3 rings (SSSR count). The van der Waals surface area contributed by atoms with E-state index in [-0.39, 0.29) is 23.9 Å². The number of aromatic amines is 1. The topological polar surface area (TPSA) is 58.2 Å². The molecule has 134 valence electrons. The number of hydrogen-bond acceptors (Lipinski definition) is 4. The van der Waals surface area contributed by atoms with Crippen LogP contribution >= 0.6 is 0 Å². The quantitative estimate of drug-likeness (QED) is 0.811. The number of aromatic nitrogens is 2. The van der Waals surface area contributed by atoms with E-state index >= 15 is 0 Å². The fourth-order valence-corrected chi connectivity index (χ4v) is 3.33. The minimum Gasteiger partial charge on any atom is -0.465 e. The molecule has 2 heterocycles. The maximum atomic E-state index is 14.0. The highest BCUT2D eigenvalue weighted by atomic mass is 19.1. The zero-order chi connectivity index (χ0) is 17.8. The molecule has 0 aliphatic carbocycles. The van der Waals surface area contributed by atoms with Crippen LogP contribution in [0.1, 0.15) is 45.0 Å². The van der Waals surface area contributed by atoms with Crippen LogP contribution in [0.3, 0.4) is 0 Å². The normalized spacial score (nSPS) is 19.1. The SMILES string of the molecule is CCCOC(=O)[C@@H](C)N1CCC[C@@H]1c1ncc(-c2ccccc2F)[nH]1. The lowest BCUT2D eigenvalue weighted by atomic mass is 10.1. The van der Waals surface area contributed by atoms with Gasteiger partial charge in [-0.2, -0.15) is 0 Å². The molecule has 1 aliphatic heterocycles. The third-order valence-electron chi connectivity index (χ3n) is 4.66. The van der Waals surface area contributed by atoms with Gasteiger partial charge in [-0.3, -0.25) is 9.69 Å². The Bertz CT molecular complexity index is 731. The summed E-state index contributed by atoms with van der Waals surface area (Å²) in [5.41, 5.74) is 1.15. The first kappa shape index (κ1) is 17.6. The lowest BCUT2D eigenvalue weighted by molar-refractivity contribution is -0.149. The van der Waals surface area contributed by atoms with Gasteiger partial charge in [-0.15, -0.1) is 0 Å². The van der Waals surface area contributed by atoms with Gasteiger partial charge in [-0.25, -0.2) is 9.37 Å². The first-order chi connectivity index (χ1) is 12.1. The van der Waals surface area contributed by atoms with Gasteiger partial charge in [-0.05, 0) is 44.9 Å². The summed E-state index contributed by atoms with van der Waals surface area (Å²) in [5.74, 6) is 0.290. The van der Waals surface area contributed by atoms with E-state index in [1.165, 1.54) is 6.07 Å². The molecule has 0 amide bonds. The fraction of sp³-hybridized carbons (Fsp3) is 0.474. The molecule has 1 saturated heterocycles. The minimum atomic E-state index is -0.318. The number of esters is 1. The van der Waals surface area contributed by atoms with E-state index in [1.54, 1.807) is 24.4 Å². The number of nitrogens with one attached hydrogen (secondary N) is 1. The summed E-state index contributed by atoms with van der Waals surface area (Å²) in [6, 6.07) is 6.32. The molecule has 0 bridgehead atoms. The molecule has 0 spiro atoms. The molecule has 0 saturated carbocycles. The van der Waals surface area contributed by atoms with Crippen molar-refractivity contribution < 1.29 is 13.9 Å². The average Bonchev–Trinajstić information content (AvgIpc) is 3.28. The summed E-state index contributed by atoms with van der Waals surface area (Å²) in [6.07, 6.45) is 4.37. The summed E-state index contributed by atoms with van der Waals surface area (Å²) >= 11 is 0. The van der Waals surface area contributed by atoms with Crippen molar-refractivity contribution in [2.45, 2.75) is 45.2 Å². The number of imidazole rings is 1. The van der Waals surface area contributed by atoms with Crippen LogP contribution in [0.25, 0.3) is 11.3 Å². The van der Waals surface area contributed by atoms with Gasteiger partial charge < -0.3 is 9.72 Å². The first-order valence-electron chi connectivity index (χ1n) is 8.84. The second-order valence-electron chi connectivity index (χ2n) is 6.40. The number of rotatable bonds is 6. The average molecular weight is 345 g/mol. The van der Waals surface area contributed by atoms with Gasteiger partial charge in [0.2, 0.25) is 0 Å². The molecule has 1 aromatic carbocycles. The predicted octanol–water partition coefficient (Wildman–Crippen LogP) is 3.69. The summed E-state index contributed by atoms with van der Waals surface area (Å²) in [7, 11) is 0. The molecule has 2 atom stereocenters. The Hall–Kier alpha value is -2.21. The summed E-state index contributed by atoms with van der Waals surface area (Å²) < 4.78 is 19.3. The Labute approximate surface area is 147 Å². The van der Waals surface area contributed by atoms with Gasteiger partial charge in [0.25, 0.3) is 0 Å². The van der Waals surface area contributed by atoms with Crippen LogP contribution < -0.4 is 0 Å². The Morgan fingerprint density at radius 3 is 3.04 bits per heavy atom. The molecular weight excluding hydrogens is 321 g/mol. The van der Waals surface area contributed by atoms with Crippen LogP contribution in [0.2, 0.25) is 0 Å². The molecule has 25 heavy (non-hydrogen) atoms. The smallest absolute Gasteiger partial charge is 0.323 e. The molecule has 2 aromatic rings. The predicted molar refractivity (Wildman–Crippen MR) is 93.4 cm³/mol. The highest BCUT2D eigenvalue weighted by Crippen LogP contribution is 2.33. The summed E-state index contributed by atoms with van der Waals surface area (Å²) in [5, 5.41) is 0. The zero-order valence-electron chi connectivity index (χ0n) is 14.7. The number of halogens is 1. The van der Waals surface area contributed by atoms with E-state index in [4.69, 9.17) is 4.74 Å². The van der Waals surface area contributed by atoms with Crippen LogP contribution in [0, 0.1) is 5.82 Å². The zero-order valence-corrected chi connectivity index (χ0v) is 14.7. The number of hydrogen-bond donors (Lipinski definition) is 1. The monoisotopic (exact) mass is 345 g/mol. The lowest BCUT2D eigenvalue weighted by Crippen LogP contribution is -2.40. The number of ether oxygens (including phenoxy) is 1. The van der Waals surface area contributed by atoms with E-state index < -0.39 is 0 Å². The number of H-pyrrole nitrogens is 1. The lowest BCUT2D eigenvalue weighted by Gasteiger charge is -2.28. The standard InChI is InChI=1S/C19H24FN3O2/c1-3-11-25-19(24)13(2)23-10-6-9-17(23)18-21-12-16(22-18)14-7-4-5-8-15(14)20/h4-5,7-8,12-13,17H,3,6,9-11H2,1-2H3,(H,21,22)/t13-,17-/m1/s1.